The van der Waals surface area contributed by atoms with Gasteiger partial charge >= 0.3 is 0 Å². The van der Waals surface area contributed by atoms with E-state index in [4.69, 9.17) is 4.74 Å². The average Bonchev–Trinajstić information content (AvgIpc) is 2.09. The van der Waals surface area contributed by atoms with Crippen molar-refractivity contribution >= 4 is 11.6 Å². The average molecular weight is 177 g/mol. The first kappa shape index (κ1) is 9.78. The van der Waals surface area contributed by atoms with Gasteiger partial charge in [-0.15, -0.1) is 0 Å². The van der Waals surface area contributed by atoms with Crippen LogP contribution >= 0.6 is 0 Å². The summed E-state index contributed by atoms with van der Waals surface area (Å²) in [6, 6.07) is 8.01. The van der Waals surface area contributed by atoms with Gasteiger partial charge in [-0.3, -0.25) is 0 Å². The molecule has 0 saturated carbocycles. The van der Waals surface area contributed by atoms with E-state index < -0.39 is 0 Å². The molecule has 0 heterocycles. The minimum atomic E-state index is 0.668. The number of aliphatic imine (C=N–C) groups is 1. The largest absolute Gasteiger partial charge is 0.481 e. The Morgan fingerprint density at radius 2 is 2.08 bits per heavy atom. The smallest absolute Gasteiger partial charge is 0.185 e. The number of hydrogen-bond donors (Lipinski definition) is 0. The topological polar surface area (TPSA) is 21.6 Å². The Hall–Kier alpha value is -1.31. The molecule has 1 aromatic rings. The summed E-state index contributed by atoms with van der Waals surface area (Å²) in [5, 5.41) is 0. The monoisotopic (exact) mass is 177 g/mol. The van der Waals surface area contributed by atoms with Crippen molar-refractivity contribution < 1.29 is 4.74 Å². The third-order valence-corrected chi connectivity index (χ3v) is 1.75. The van der Waals surface area contributed by atoms with Gasteiger partial charge in [-0.05, 0) is 25.5 Å². The SMILES string of the molecule is CCOC(C)=Nc1ccccc1C. The molecule has 2 nitrogen and oxygen atoms in total. The van der Waals surface area contributed by atoms with E-state index in [0.717, 1.165) is 11.6 Å². The van der Waals surface area contributed by atoms with Crippen LogP contribution in [0.1, 0.15) is 19.4 Å². The quantitative estimate of drug-likeness (QED) is 0.502. The third kappa shape index (κ3) is 2.90. The summed E-state index contributed by atoms with van der Waals surface area (Å²) in [4.78, 5) is 4.34. The minimum Gasteiger partial charge on any atom is -0.481 e. The van der Waals surface area contributed by atoms with E-state index in [0.29, 0.717) is 6.61 Å². The maximum absolute atomic E-state index is 5.25. The Bertz CT molecular complexity index is 305. The maximum atomic E-state index is 5.25. The van der Waals surface area contributed by atoms with E-state index in [1.165, 1.54) is 5.56 Å². The predicted molar refractivity (Wildman–Crippen MR) is 55.6 cm³/mol. The third-order valence-electron chi connectivity index (χ3n) is 1.75. The van der Waals surface area contributed by atoms with Crippen LogP contribution in [-0.2, 0) is 4.74 Å². The van der Waals surface area contributed by atoms with Crippen LogP contribution in [0.25, 0.3) is 0 Å². The van der Waals surface area contributed by atoms with Gasteiger partial charge in [-0.25, -0.2) is 4.99 Å². The zero-order valence-corrected chi connectivity index (χ0v) is 8.37. The lowest BCUT2D eigenvalue weighted by Crippen LogP contribution is -1.97. The van der Waals surface area contributed by atoms with E-state index in [-0.39, 0.29) is 0 Å². The van der Waals surface area contributed by atoms with Crippen molar-refractivity contribution in [2.45, 2.75) is 20.8 Å². The lowest BCUT2D eigenvalue weighted by Gasteiger charge is -2.03. The van der Waals surface area contributed by atoms with E-state index in [9.17, 15) is 0 Å². The molecular formula is C11H15NO. The van der Waals surface area contributed by atoms with Gasteiger partial charge < -0.3 is 4.74 Å². The number of aryl methyl sites for hydroxylation is 1. The molecule has 0 radical (unpaired) electrons. The zero-order chi connectivity index (χ0) is 9.68. The number of para-hydroxylation sites is 1. The molecule has 0 N–H and O–H groups in total. The fourth-order valence-electron chi connectivity index (χ4n) is 1.10. The maximum Gasteiger partial charge on any atom is 0.185 e. The summed E-state index contributed by atoms with van der Waals surface area (Å²) in [7, 11) is 0. The molecular weight excluding hydrogens is 162 g/mol. The van der Waals surface area contributed by atoms with Crippen molar-refractivity contribution in [3.63, 3.8) is 0 Å². The first-order valence-corrected chi connectivity index (χ1v) is 4.47. The van der Waals surface area contributed by atoms with Crippen molar-refractivity contribution in [3.05, 3.63) is 29.8 Å². The molecule has 0 unspecified atom stereocenters. The summed E-state index contributed by atoms with van der Waals surface area (Å²) in [6.07, 6.45) is 0. The molecule has 0 amide bonds. The first-order valence-electron chi connectivity index (χ1n) is 4.47. The summed E-state index contributed by atoms with van der Waals surface area (Å²) < 4.78 is 5.25. The van der Waals surface area contributed by atoms with Crippen LogP contribution in [0.5, 0.6) is 0 Å². The molecule has 0 bridgehead atoms. The second-order valence-electron chi connectivity index (χ2n) is 2.85. The summed E-state index contributed by atoms with van der Waals surface area (Å²) >= 11 is 0. The Morgan fingerprint density at radius 3 is 2.69 bits per heavy atom. The molecule has 0 atom stereocenters. The molecule has 0 aliphatic rings. The Kier molecular flexibility index (Phi) is 3.50. The first-order chi connectivity index (χ1) is 6.24. The Balaban J connectivity index is 2.84. The van der Waals surface area contributed by atoms with Gasteiger partial charge in [-0.2, -0.15) is 0 Å². The molecule has 2 heteroatoms. The van der Waals surface area contributed by atoms with Gasteiger partial charge in [0.15, 0.2) is 5.90 Å². The lowest BCUT2D eigenvalue weighted by atomic mass is 10.2. The predicted octanol–water partition coefficient (Wildman–Crippen LogP) is 3.08. The highest BCUT2D eigenvalue weighted by Crippen LogP contribution is 2.17. The van der Waals surface area contributed by atoms with Crippen LogP contribution in [0.2, 0.25) is 0 Å². The van der Waals surface area contributed by atoms with E-state index in [2.05, 4.69) is 4.99 Å². The van der Waals surface area contributed by atoms with Crippen LogP contribution in [0, 0.1) is 6.92 Å². The molecule has 1 aromatic carbocycles. The minimum absolute atomic E-state index is 0.668. The molecule has 0 saturated heterocycles. The zero-order valence-electron chi connectivity index (χ0n) is 8.37. The normalized spacial score (nSPS) is 11.5. The highest BCUT2D eigenvalue weighted by atomic mass is 16.5. The van der Waals surface area contributed by atoms with Gasteiger partial charge in [0, 0.05) is 6.92 Å². The lowest BCUT2D eigenvalue weighted by molar-refractivity contribution is 0.325. The second kappa shape index (κ2) is 4.65. The van der Waals surface area contributed by atoms with Gasteiger partial charge in [0.25, 0.3) is 0 Å². The Morgan fingerprint density at radius 1 is 1.38 bits per heavy atom. The van der Waals surface area contributed by atoms with Gasteiger partial charge in [0.2, 0.25) is 0 Å². The van der Waals surface area contributed by atoms with Crippen molar-refractivity contribution in [2.75, 3.05) is 6.61 Å². The number of benzene rings is 1. The molecule has 1 rings (SSSR count). The van der Waals surface area contributed by atoms with Crippen molar-refractivity contribution in [2.24, 2.45) is 4.99 Å². The van der Waals surface area contributed by atoms with Gasteiger partial charge in [0.05, 0.1) is 12.3 Å². The van der Waals surface area contributed by atoms with E-state index in [1.807, 2.05) is 45.0 Å². The van der Waals surface area contributed by atoms with Gasteiger partial charge in [-0.1, -0.05) is 18.2 Å². The van der Waals surface area contributed by atoms with Crippen molar-refractivity contribution in [3.8, 4) is 0 Å². The van der Waals surface area contributed by atoms with Crippen LogP contribution in [0.4, 0.5) is 5.69 Å². The van der Waals surface area contributed by atoms with E-state index in [1.54, 1.807) is 0 Å². The van der Waals surface area contributed by atoms with Crippen LogP contribution in [0.3, 0.4) is 0 Å². The molecule has 0 aromatic heterocycles. The highest BCUT2D eigenvalue weighted by molar-refractivity contribution is 5.77. The fraction of sp³-hybridized carbons (Fsp3) is 0.364. The molecule has 13 heavy (non-hydrogen) atoms. The van der Waals surface area contributed by atoms with Gasteiger partial charge in [0.1, 0.15) is 0 Å². The summed E-state index contributed by atoms with van der Waals surface area (Å²) in [5.74, 6) is 0.719. The number of ether oxygens (including phenoxy) is 1. The molecule has 0 aliphatic heterocycles. The Labute approximate surface area is 79.3 Å². The molecule has 0 aliphatic carbocycles. The van der Waals surface area contributed by atoms with Crippen LogP contribution in [-0.4, -0.2) is 12.5 Å². The molecule has 0 spiro atoms. The number of hydrogen-bond acceptors (Lipinski definition) is 2. The number of nitrogens with zero attached hydrogens (tertiary/aromatic N) is 1. The van der Waals surface area contributed by atoms with Crippen molar-refractivity contribution in [1.29, 1.82) is 0 Å². The van der Waals surface area contributed by atoms with Crippen LogP contribution < -0.4 is 0 Å². The molecule has 70 valence electrons. The fourth-order valence-corrected chi connectivity index (χ4v) is 1.10. The van der Waals surface area contributed by atoms with Crippen molar-refractivity contribution in [1.82, 2.24) is 0 Å². The second-order valence-corrected chi connectivity index (χ2v) is 2.85. The number of rotatable bonds is 2. The standard InChI is InChI=1S/C11H15NO/c1-4-13-10(3)12-11-8-6-5-7-9(11)2/h5-8H,4H2,1-3H3. The molecule has 0 fully saturated rings. The van der Waals surface area contributed by atoms with E-state index >= 15 is 0 Å². The van der Waals surface area contributed by atoms with Crippen LogP contribution in [0.15, 0.2) is 29.3 Å². The summed E-state index contributed by atoms with van der Waals surface area (Å²) in [6.45, 7) is 6.53. The summed E-state index contributed by atoms with van der Waals surface area (Å²) in [5.41, 5.74) is 2.15. The highest BCUT2D eigenvalue weighted by Gasteiger charge is 1.95.